The Balaban J connectivity index is 0.891. The monoisotopic (exact) mass is 896 g/mol. The maximum absolute atomic E-state index is 6.88. The van der Waals surface area contributed by atoms with Crippen molar-refractivity contribution < 1.29 is 13.3 Å². The van der Waals surface area contributed by atoms with E-state index in [4.69, 9.17) is 28.2 Å². The van der Waals surface area contributed by atoms with Gasteiger partial charge in [0.15, 0.2) is 17.5 Å². The number of para-hydroxylation sites is 5. The lowest BCUT2D eigenvalue weighted by Gasteiger charge is -2.10. The highest BCUT2D eigenvalue weighted by Gasteiger charge is 2.23. The highest BCUT2D eigenvalue weighted by molar-refractivity contribution is 6.19. The van der Waals surface area contributed by atoms with E-state index in [9.17, 15) is 0 Å². The Kier molecular flexibility index (Phi) is 8.23. The highest BCUT2D eigenvalue weighted by Crippen LogP contribution is 2.45. The molecule has 0 bridgehead atoms. The van der Waals surface area contributed by atoms with Crippen LogP contribution in [0.15, 0.2) is 232 Å². The van der Waals surface area contributed by atoms with Gasteiger partial charge >= 0.3 is 0 Å². The highest BCUT2D eigenvalue weighted by atomic mass is 16.3. The maximum Gasteiger partial charge on any atom is 0.167 e. The molecule has 326 valence electrons. The molecule has 15 aromatic rings. The fourth-order valence-corrected chi connectivity index (χ4v) is 10.7. The van der Waals surface area contributed by atoms with Crippen LogP contribution < -0.4 is 0 Å². The minimum atomic E-state index is 0.524. The summed E-state index contributed by atoms with van der Waals surface area (Å²) in [6, 6.07) is 75.6. The molecule has 70 heavy (non-hydrogen) atoms. The van der Waals surface area contributed by atoms with Crippen molar-refractivity contribution in [2.24, 2.45) is 0 Å². The molecule has 0 saturated carbocycles. The molecule has 0 saturated heterocycles. The molecule has 0 unspecified atom stereocenters. The van der Waals surface area contributed by atoms with E-state index in [0.29, 0.717) is 17.5 Å². The van der Waals surface area contributed by atoms with Gasteiger partial charge in [-0.15, -0.1) is 0 Å². The zero-order valence-electron chi connectivity index (χ0n) is 37.3. The van der Waals surface area contributed by atoms with Gasteiger partial charge < -0.3 is 17.8 Å². The largest absolute Gasteiger partial charge is 0.456 e. The van der Waals surface area contributed by atoms with Gasteiger partial charge in [-0.3, -0.25) is 0 Å². The van der Waals surface area contributed by atoms with Crippen molar-refractivity contribution in [3.63, 3.8) is 0 Å². The summed E-state index contributed by atoms with van der Waals surface area (Å²) >= 11 is 0. The first-order valence-electron chi connectivity index (χ1n) is 23.4. The molecule has 0 aliphatic heterocycles. The number of fused-ring (bicyclic) bond motifs is 12. The minimum Gasteiger partial charge on any atom is -0.456 e. The van der Waals surface area contributed by atoms with Crippen LogP contribution in [-0.2, 0) is 0 Å². The summed E-state index contributed by atoms with van der Waals surface area (Å²) in [5.41, 5.74) is 15.0. The third-order valence-electron chi connectivity index (χ3n) is 13.9. The molecule has 15 rings (SSSR count). The number of aromatic nitrogens is 4. The molecule has 10 aromatic carbocycles. The van der Waals surface area contributed by atoms with Crippen molar-refractivity contribution in [3.8, 4) is 62.1 Å². The van der Waals surface area contributed by atoms with Gasteiger partial charge in [0.05, 0.1) is 16.6 Å². The van der Waals surface area contributed by atoms with Crippen LogP contribution in [-0.4, -0.2) is 19.5 Å². The fraction of sp³-hybridized carbons (Fsp3) is 0. The summed E-state index contributed by atoms with van der Waals surface area (Å²) in [4.78, 5) is 15.5. The molecular weight excluding hydrogens is 861 g/mol. The van der Waals surface area contributed by atoms with Crippen LogP contribution in [0.2, 0.25) is 0 Å². The summed E-state index contributed by atoms with van der Waals surface area (Å²) in [6.45, 7) is 0. The molecule has 0 aliphatic carbocycles. The Morgan fingerprint density at radius 1 is 0.286 bits per heavy atom. The average Bonchev–Trinajstić information content (AvgIpc) is 4.20. The van der Waals surface area contributed by atoms with Gasteiger partial charge in [-0.2, -0.15) is 0 Å². The summed E-state index contributed by atoms with van der Waals surface area (Å²) in [5, 5.41) is 8.45. The van der Waals surface area contributed by atoms with E-state index in [2.05, 4.69) is 150 Å². The van der Waals surface area contributed by atoms with E-state index in [0.717, 1.165) is 116 Å². The van der Waals surface area contributed by atoms with Crippen molar-refractivity contribution in [3.05, 3.63) is 218 Å². The molecule has 0 N–H and O–H groups in total. The van der Waals surface area contributed by atoms with Crippen LogP contribution in [0.3, 0.4) is 0 Å². The summed E-state index contributed by atoms with van der Waals surface area (Å²) in [7, 11) is 0. The molecule has 0 amide bonds. The second-order valence-electron chi connectivity index (χ2n) is 17.8. The van der Waals surface area contributed by atoms with Gasteiger partial charge in [-0.1, -0.05) is 152 Å². The molecule has 0 fully saturated rings. The van der Waals surface area contributed by atoms with Crippen molar-refractivity contribution in [1.82, 2.24) is 19.5 Å². The molecule has 5 heterocycles. The summed E-state index contributed by atoms with van der Waals surface area (Å²) < 4.78 is 22.3. The van der Waals surface area contributed by atoms with E-state index in [-0.39, 0.29) is 0 Å². The van der Waals surface area contributed by atoms with Crippen molar-refractivity contribution in [1.29, 1.82) is 0 Å². The fourth-order valence-electron chi connectivity index (χ4n) is 10.7. The number of hydrogen-bond acceptors (Lipinski definition) is 6. The second kappa shape index (κ2) is 15.0. The van der Waals surface area contributed by atoms with Crippen LogP contribution in [0.25, 0.3) is 150 Å². The van der Waals surface area contributed by atoms with E-state index in [1.54, 1.807) is 0 Å². The average molecular weight is 897 g/mol. The first-order valence-corrected chi connectivity index (χ1v) is 23.4. The zero-order chi connectivity index (χ0) is 45.9. The quantitative estimate of drug-likeness (QED) is 0.165. The molecule has 0 radical (unpaired) electrons. The van der Waals surface area contributed by atoms with E-state index in [1.165, 1.54) is 16.3 Å². The third kappa shape index (κ3) is 5.79. The molecule has 7 nitrogen and oxygen atoms in total. The molecular formula is C63H36N4O3. The second-order valence-corrected chi connectivity index (χ2v) is 17.8. The van der Waals surface area contributed by atoms with Gasteiger partial charge in [-0.05, 0) is 83.4 Å². The van der Waals surface area contributed by atoms with Crippen molar-refractivity contribution in [2.75, 3.05) is 0 Å². The molecule has 0 spiro atoms. The van der Waals surface area contributed by atoms with Gasteiger partial charge in [0.1, 0.15) is 33.5 Å². The van der Waals surface area contributed by atoms with Gasteiger partial charge in [0.25, 0.3) is 0 Å². The number of nitrogens with zero attached hydrogens (tertiary/aromatic N) is 4. The van der Waals surface area contributed by atoms with E-state index < -0.39 is 0 Å². The first-order chi connectivity index (χ1) is 34.7. The van der Waals surface area contributed by atoms with Crippen LogP contribution in [0.4, 0.5) is 0 Å². The number of furan rings is 3. The van der Waals surface area contributed by atoms with E-state index >= 15 is 0 Å². The third-order valence-corrected chi connectivity index (χ3v) is 13.9. The van der Waals surface area contributed by atoms with Crippen LogP contribution in [0, 0.1) is 0 Å². The molecule has 7 heteroatoms. The summed E-state index contributed by atoms with van der Waals surface area (Å²) in [6.07, 6.45) is 0. The number of benzene rings is 10. The van der Waals surface area contributed by atoms with Crippen LogP contribution in [0.1, 0.15) is 0 Å². The van der Waals surface area contributed by atoms with Gasteiger partial charge in [-0.25, -0.2) is 15.0 Å². The normalized spacial score (nSPS) is 12.0. The topological polar surface area (TPSA) is 83.0 Å². The minimum absolute atomic E-state index is 0.524. The van der Waals surface area contributed by atoms with E-state index in [1.807, 2.05) is 72.8 Å². The SMILES string of the molecule is c1ccc(-c2nc(-c3cccc4c3oc3ccccc34)nc(-c3cccc4oc5ccc(-c6cccc7oc8c(-c9ccc%10c(c9)c9ccccc9n%10-c9ccccc9)cccc8c67)cc5c34)n2)cc1. The van der Waals surface area contributed by atoms with Gasteiger partial charge in [0.2, 0.25) is 0 Å². The van der Waals surface area contributed by atoms with Crippen LogP contribution >= 0.6 is 0 Å². The summed E-state index contributed by atoms with van der Waals surface area (Å²) in [5.74, 6) is 1.63. The molecule has 0 aliphatic rings. The molecule has 5 aromatic heterocycles. The Morgan fingerprint density at radius 3 is 1.67 bits per heavy atom. The van der Waals surface area contributed by atoms with Crippen LogP contribution in [0.5, 0.6) is 0 Å². The first kappa shape index (κ1) is 38.5. The standard InChI is InChI=1S/C63H36N4O3/c1-3-15-37(16-4-1)61-64-62(66-63(65-61)48-26-12-23-45-44-20-8-10-28-53(44)69-60(45)48)47-25-14-29-55-58(47)50-36-38(32-34-54(50)68-55)41-21-13-30-56-57(41)46-24-11-22-42(59(46)70-56)39-31-33-52-49(35-39)43-19-7-9-27-51(43)67(52)40-17-5-2-6-18-40/h1-36H. The smallest absolute Gasteiger partial charge is 0.167 e. The number of hydrogen-bond donors (Lipinski definition) is 0. The Morgan fingerprint density at radius 2 is 0.814 bits per heavy atom. The Hall–Kier alpha value is -9.59. The predicted molar refractivity (Wildman–Crippen MR) is 283 cm³/mol. The van der Waals surface area contributed by atoms with Crippen molar-refractivity contribution >= 4 is 87.6 Å². The van der Waals surface area contributed by atoms with Gasteiger partial charge in [0, 0.05) is 65.5 Å². The molecule has 0 atom stereocenters. The maximum atomic E-state index is 6.88. The lowest BCUT2D eigenvalue weighted by atomic mass is 9.95. The lowest BCUT2D eigenvalue weighted by Crippen LogP contribution is -2.00. The lowest BCUT2D eigenvalue weighted by molar-refractivity contribution is 0.668. The number of rotatable bonds is 6. The zero-order valence-corrected chi connectivity index (χ0v) is 37.3. The van der Waals surface area contributed by atoms with Crippen molar-refractivity contribution in [2.45, 2.75) is 0 Å². The Bertz CT molecular complexity index is 4600. The Labute approximate surface area is 399 Å². The predicted octanol–water partition coefficient (Wildman–Crippen LogP) is 17.0.